The number of aromatic nitrogens is 1. The molecule has 112 valence electrons. The second kappa shape index (κ2) is 6.28. The topological polar surface area (TPSA) is 36.4 Å². The number of piperidine rings is 1. The summed E-state index contributed by atoms with van der Waals surface area (Å²) in [4.78, 5) is 5.94. The maximum absolute atomic E-state index is 12.4. The van der Waals surface area contributed by atoms with Crippen molar-refractivity contribution < 1.29 is 18.3 Å². The standard InChI is InChI=1S/C13H16ClF3N2O/c14-11-7-9(1-4-18-11)8-19-5-2-10(3-6-19)12(20)13(15,16)17/h1,4,7,10,12,20H,2-3,5-6,8H2. The van der Waals surface area contributed by atoms with E-state index in [0.717, 1.165) is 5.56 Å². The summed E-state index contributed by atoms with van der Waals surface area (Å²) in [6.45, 7) is 1.71. The van der Waals surface area contributed by atoms with Crippen molar-refractivity contribution in [3.05, 3.63) is 29.0 Å². The molecule has 2 rings (SSSR count). The third-order valence-electron chi connectivity index (χ3n) is 3.61. The number of halogens is 4. The Morgan fingerprint density at radius 1 is 1.40 bits per heavy atom. The van der Waals surface area contributed by atoms with E-state index in [9.17, 15) is 18.3 Å². The number of hydrogen-bond donors (Lipinski definition) is 1. The van der Waals surface area contributed by atoms with Gasteiger partial charge in [0, 0.05) is 12.7 Å². The zero-order valence-corrected chi connectivity index (χ0v) is 11.5. The molecule has 0 saturated carbocycles. The van der Waals surface area contributed by atoms with E-state index in [4.69, 9.17) is 11.6 Å². The Bertz CT molecular complexity index is 447. The third kappa shape index (κ3) is 4.07. The Kier molecular flexibility index (Phi) is 4.88. The van der Waals surface area contributed by atoms with E-state index in [1.54, 1.807) is 12.3 Å². The van der Waals surface area contributed by atoms with Crippen LogP contribution in [0.25, 0.3) is 0 Å². The third-order valence-corrected chi connectivity index (χ3v) is 3.82. The molecule has 1 atom stereocenters. The Balaban J connectivity index is 1.86. The molecule has 3 nitrogen and oxygen atoms in total. The number of aliphatic hydroxyl groups excluding tert-OH is 1. The lowest BCUT2D eigenvalue weighted by molar-refractivity contribution is -0.223. The molecule has 1 aliphatic rings. The van der Waals surface area contributed by atoms with Crippen LogP contribution in [0.3, 0.4) is 0 Å². The predicted octanol–water partition coefficient (Wildman–Crippen LogP) is 2.87. The highest BCUT2D eigenvalue weighted by molar-refractivity contribution is 6.29. The van der Waals surface area contributed by atoms with Crippen LogP contribution >= 0.6 is 11.6 Å². The van der Waals surface area contributed by atoms with Crippen molar-refractivity contribution in [1.82, 2.24) is 9.88 Å². The number of aliphatic hydroxyl groups is 1. The van der Waals surface area contributed by atoms with Gasteiger partial charge in [0.2, 0.25) is 0 Å². The van der Waals surface area contributed by atoms with Gasteiger partial charge in [-0.25, -0.2) is 4.98 Å². The lowest BCUT2D eigenvalue weighted by Crippen LogP contribution is -2.43. The van der Waals surface area contributed by atoms with Gasteiger partial charge in [-0.15, -0.1) is 0 Å². The van der Waals surface area contributed by atoms with Crippen molar-refractivity contribution in [2.45, 2.75) is 31.7 Å². The minimum absolute atomic E-state index is 0.347. The molecule has 7 heteroatoms. The van der Waals surface area contributed by atoms with Gasteiger partial charge in [-0.1, -0.05) is 11.6 Å². The second-order valence-electron chi connectivity index (χ2n) is 5.09. The summed E-state index contributed by atoms with van der Waals surface area (Å²) in [5.41, 5.74) is 0.986. The summed E-state index contributed by atoms with van der Waals surface area (Å²) in [5, 5.41) is 9.66. The summed E-state index contributed by atoms with van der Waals surface area (Å²) < 4.78 is 37.3. The van der Waals surface area contributed by atoms with Crippen LogP contribution in [0.5, 0.6) is 0 Å². The van der Waals surface area contributed by atoms with Crippen LogP contribution in [-0.2, 0) is 6.54 Å². The molecule has 1 fully saturated rings. The van der Waals surface area contributed by atoms with Gasteiger partial charge in [0.15, 0.2) is 6.10 Å². The summed E-state index contributed by atoms with van der Waals surface area (Å²) in [7, 11) is 0. The van der Waals surface area contributed by atoms with Crippen molar-refractivity contribution in [2.24, 2.45) is 5.92 Å². The van der Waals surface area contributed by atoms with Gasteiger partial charge in [-0.3, -0.25) is 4.90 Å². The molecular weight excluding hydrogens is 293 g/mol. The highest BCUT2D eigenvalue weighted by Crippen LogP contribution is 2.31. The molecule has 1 saturated heterocycles. The van der Waals surface area contributed by atoms with Gasteiger partial charge in [-0.2, -0.15) is 13.2 Å². The van der Waals surface area contributed by atoms with Crippen LogP contribution in [0, 0.1) is 5.92 Å². The van der Waals surface area contributed by atoms with Crippen LogP contribution in [0.4, 0.5) is 13.2 Å². The van der Waals surface area contributed by atoms with Gasteiger partial charge >= 0.3 is 6.18 Å². The van der Waals surface area contributed by atoms with E-state index in [1.807, 2.05) is 6.07 Å². The van der Waals surface area contributed by atoms with Gasteiger partial charge in [0.25, 0.3) is 0 Å². The number of hydrogen-bond acceptors (Lipinski definition) is 3. The van der Waals surface area contributed by atoms with E-state index in [1.165, 1.54) is 0 Å². The summed E-state index contributed by atoms with van der Waals surface area (Å²) in [5.74, 6) is -0.702. The van der Waals surface area contributed by atoms with Crippen molar-refractivity contribution >= 4 is 11.6 Å². The maximum atomic E-state index is 12.4. The molecule has 1 N–H and O–H groups in total. The first kappa shape index (κ1) is 15.5. The van der Waals surface area contributed by atoms with Gasteiger partial charge in [0.1, 0.15) is 5.15 Å². The van der Waals surface area contributed by atoms with Gasteiger partial charge in [0.05, 0.1) is 0 Å². The minimum Gasteiger partial charge on any atom is -0.383 e. The fourth-order valence-corrected chi connectivity index (χ4v) is 2.69. The smallest absolute Gasteiger partial charge is 0.383 e. The SMILES string of the molecule is OC(C1CCN(Cc2ccnc(Cl)c2)CC1)C(F)(F)F. The molecular formula is C13H16ClF3N2O. The van der Waals surface area contributed by atoms with E-state index in [2.05, 4.69) is 9.88 Å². The molecule has 0 radical (unpaired) electrons. The van der Waals surface area contributed by atoms with Crippen LogP contribution in [-0.4, -0.2) is 40.4 Å². The molecule has 1 aliphatic heterocycles. The van der Waals surface area contributed by atoms with E-state index < -0.39 is 18.2 Å². The number of likely N-dealkylation sites (tertiary alicyclic amines) is 1. The van der Waals surface area contributed by atoms with Gasteiger partial charge < -0.3 is 5.11 Å². The molecule has 0 aromatic carbocycles. The Labute approximate surface area is 120 Å². The molecule has 1 aromatic heterocycles. The lowest BCUT2D eigenvalue weighted by atomic mass is 9.91. The van der Waals surface area contributed by atoms with Crippen LogP contribution < -0.4 is 0 Å². The van der Waals surface area contributed by atoms with Crippen LogP contribution in [0.2, 0.25) is 5.15 Å². The molecule has 0 bridgehead atoms. The molecule has 1 aromatic rings. The maximum Gasteiger partial charge on any atom is 0.414 e. The van der Waals surface area contributed by atoms with Crippen molar-refractivity contribution in [3.63, 3.8) is 0 Å². The first-order valence-electron chi connectivity index (χ1n) is 6.44. The summed E-state index contributed by atoms with van der Waals surface area (Å²) in [6.07, 6.45) is -4.43. The predicted molar refractivity (Wildman–Crippen MR) is 69.3 cm³/mol. The van der Waals surface area contributed by atoms with Crippen LogP contribution in [0.1, 0.15) is 18.4 Å². The van der Waals surface area contributed by atoms with E-state index in [0.29, 0.717) is 37.6 Å². The zero-order chi connectivity index (χ0) is 14.8. The van der Waals surface area contributed by atoms with E-state index in [-0.39, 0.29) is 0 Å². The Hall–Kier alpha value is -0.850. The number of alkyl halides is 3. The highest BCUT2D eigenvalue weighted by Gasteiger charge is 2.44. The summed E-state index contributed by atoms with van der Waals surface area (Å²) >= 11 is 5.79. The minimum atomic E-state index is -4.52. The second-order valence-corrected chi connectivity index (χ2v) is 5.47. The van der Waals surface area contributed by atoms with Gasteiger partial charge in [-0.05, 0) is 49.5 Å². The highest BCUT2D eigenvalue weighted by atomic mass is 35.5. The Morgan fingerprint density at radius 2 is 2.05 bits per heavy atom. The average Bonchev–Trinajstić information content (AvgIpc) is 2.38. The summed E-state index contributed by atoms with van der Waals surface area (Å²) in [6, 6.07) is 3.58. The molecule has 0 amide bonds. The number of rotatable bonds is 3. The fourth-order valence-electron chi connectivity index (χ4n) is 2.49. The number of pyridine rings is 1. The quantitative estimate of drug-likeness (QED) is 0.872. The lowest BCUT2D eigenvalue weighted by Gasteiger charge is -2.34. The van der Waals surface area contributed by atoms with Crippen molar-refractivity contribution in [2.75, 3.05) is 13.1 Å². The normalized spacial score (nSPS) is 20.1. The Morgan fingerprint density at radius 3 is 2.60 bits per heavy atom. The van der Waals surface area contributed by atoms with Crippen molar-refractivity contribution in [1.29, 1.82) is 0 Å². The zero-order valence-electron chi connectivity index (χ0n) is 10.8. The molecule has 0 spiro atoms. The van der Waals surface area contributed by atoms with E-state index >= 15 is 0 Å². The molecule has 0 aliphatic carbocycles. The first-order chi connectivity index (χ1) is 9.36. The largest absolute Gasteiger partial charge is 0.414 e. The monoisotopic (exact) mass is 308 g/mol. The molecule has 2 heterocycles. The van der Waals surface area contributed by atoms with Crippen molar-refractivity contribution in [3.8, 4) is 0 Å². The first-order valence-corrected chi connectivity index (χ1v) is 6.81. The van der Waals surface area contributed by atoms with Crippen LogP contribution in [0.15, 0.2) is 18.3 Å². The molecule has 20 heavy (non-hydrogen) atoms. The fraction of sp³-hybridized carbons (Fsp3) is 0.615. The molecule has 1 unspecified atom stereocenters. The average molecular weight is 309 g/mol. The number of nitrogens with zero attached hydrogens (tertiary/aromatic N) is 2.